The molecule has 0 aromatic heterocycles. The van der Waals surface area contributed by atoms with Crippen LogP contribution >= 0.6 is 0 Å². The lowest BCUT2D eigenvalue weighted by Crippen LogP contribution is -2.12. The molecular formula is C15H31O. The van der Waals surface area contributed by atoms with Crippen molar-refractivity contribution in [2.75, 3.05) is 13.2 Å². The third-order valence-corrected chi connectivity index (χ3v) is 2.75. The number of hydrogen-bond acceptors (Lipinski definition) is 1. The normalized spacial score (nSPS) is 14.1. The maximum absolute atomic E-state index is 5.64. The van der Waals surface area contributed by atoms with Crippen LogP contribution in [0.2, 0.25) is 0 Å². The van der Waals surface area contributed by atoms with Gasteiger partial charge in [-0.15, -0.1) is 0 Å². The minimum Gasteiger partial charge on any atom is -0.381 e. The molecule has 1 unspecified atom stereocenters. The molecule has 1 atom stereocenters. The summed E-state index contributed by atoms with van der Waals surface area (Å²) in [6.07, 6.45) is 7.25. The van der Waals surface area contributed by atoms with Gasteiger partial charge in [-0.25, -0.2) is 0 Å². The second kappa shape index (κ2) is 9.04. The molecule has 0 aliphatic heterocycles. The quantitative estimate of drug-likeness (QED) is 0.511. The Labute approximate surface area is 103 Å². The number of hydrogen-bond donors (Lipinski definition) is 0. The Balaban J connectivity index is 3.25. The van der Waals surface area contributed by atoms with E-state index in [9.17, 15) is 0 Å². The van der Waals surface area contributed by atoms with Gasteiger partial charge >= 0.3 is 0 Å². The molecule has 97 valence electrons. The highest BCUT2D eigenvalue weighted by Crippen LogP contribution is 2.25. The van der Waals surface area contributed by atoms with E-state index in [1.54, 1.807) is 0 Å². The van der Waals surface area contributed by atoms with Crippen LogP contribution in [0.5, 0.6) is 0 Å². The lowest BCUT2D eigenvalue weighted by Gasteiger charge is -2.23. The Kier molecular flexibility index (Phi) is 9.02. The van der Waals surface area contributed by atoms with Crippen LogP contribution in [0.4, 0.5) is 0 Å². The van der Waals surface area contributed by atoms with Crippen LogP contribution in [-0.2, 0) is 4.74 Å². The number of ether oxygens (including phenoxy) is 1. The summed E-state index contributed by atoms with van der Waals surface area (Å²) in [4.78, 5) is 0. The summed E-state index contributed by atoms with van der Waals surface area (Å²) in [5.41, 5.74) is 0.452. The van der Waals surface area contributed by atoms with Crippen LogP contribution in [0.25, 0.3) is 0 Å². The molecule has 0 bridgehead atoms. The number of rotatable bonds is 9. The Morgan fingerprint density at radius 1 is 1.06 bits per heavy atom. The van der Waals surface area contributed by atoms with Crippen molar-refractivity contribution < 1.29 is 4.74 Å². The van der Waals surface area contributed by atoms with Crippen molar-refractivity contribution in [3.8, 4) is 0 Å². The zero-order valence-corrected chi connectivity index (χ0v) is 11.8. The molecule has 0 saturated heterocycles. The van der Waals surface area contributed by atoms with E-state index < -0.39 is 0 Å². The van der Waals surface area contributed by atoms with Gasteiger partial charge in [0.25, 0.3) is 0 Å². The van der Waals surface area contributed by atoms with Crippen molar-refractivity contribution in [3.05, 3.63) is 6.92 Å². The van der Waals surface area contributed by atoms with Gasteiger partial charge in [0.2, 0.25) is 0 Å². The van der Waals surface area contributed by atoms with Gasteiger partial charge in [0.05, 0.1) is 0 Å². The molecule has 0 saturated carbocycles. The smallest absolute Gasteiger partial charge is 0.0468 e. The van der Waals surface area contributed by atoms with Crippen molar-refractivity contribution in [3.63, 3.8) is 0 Å². The largest absolute Gasteiger partial charge is 0.381 e. The summed E-state index contributed by atoms with van der Waals surface area (Å²) < 4.78 is 5.64. The molecule has 0 fully saturated rings. The Morgan fingerprint density at radius 3 is 2.31 bits per heavy atom. The Morgan fingerprint density at radius 2 is 1.75 bits per heavy atom. The van der Waals surface area contributed by atoms with Crippen LogP contribution in [-0.4, -0.2) is 13.2 Å². The van der Waals surface area contributed by atoms with Crippen LogP contribution in [0.1, 0.15) is 66.2 Å². The van der Waals surface area contributed by atoms with Crippen molar-refractivity contribution in [2.24, 2.45) is 11.3 Å². The standard InChI is InChI=1S/C15H31O/c1-6-7-8-9-11-16-12-10-14(2)13-15(3,4)5/h14H,1,6-13H2,2-5H3. The summed E-state index contributed by atoms with van der Waals surface area (Å²) in [6, 6.07) is 0. The van der Waals surface area contributed by atoms with Crippen molar-refractivity contribution >= 4 is 0 Å². The Bertz CT molecular complexity index is 146. The molecule has 1 radical (unpaired) electrons. The van der Waals surface area contributed by atoms with Gasteiger partial charge in [0.1, 0.15) is 0 Å². The van der Waals surface area contributed by atoms with Crippen LogP contribution in [0.15, 0.2) is 0 Å². The van der Waals surface area contributed by atoms with Crippen molar-refractivity contribution in [1.82, 2.24) is 0 Å². The average Bonchev–Trinajstić information content (AvgIpc) is 2.13. The zero-order chi connectivity index (χ0) is 12.4. The van der Waals surface area contributed by atoms with E-state index in [0.29, 0.717) is 5.41 Å². The molecule has 0 heterocycles. The third-order valence-electron chi connectivity index (χ3n) is 2.75. The fourth-order valence-electron chi connectivity index (χ4n) is 2.09. The molecule has 1 heteroatoms. The number of unbranched alkanes of at least 4 members (excludes halogenated alkanes) is 3. The predicted molar refractivity (Wildman–Crippen MR) is 72.5 cm³/mol. The third kappa shape index (κ3) is 12.0. The first-order valence-electron chi connectivity index (χ1n) is 6.82. The van der Waals surface area contributed by atoms with E-state index in [0.717, 1.165) is 25.6 Å². The van der Waals surface area contributed by atoms with Crippen LogP contribution in [0.3, 0.4) is 0 Å². The summed E-state index contributed by atoms with van der Waals surface area (Å²) in [5, 5.41) is 0. The molecule has 0 aromatic carbocycles. The minimum atomic E-state index is 0.452. The molecule has 1 nitrogen and oxygen atoms in total. The summed E-state index contributed by atoms with van der Waals surface area (Å²) in [6.45, 7) is 15.0. The van der Waals surface area contributed by atoms with Crippen molar-refractivity contribution in [2.45, 2.75) is 66.2 Å². The van der Waals surface area contributed by atoms with Crippen molar-refractivity contribution in [1.29, 1.82) is 0 Å². The maximum Gasteiger partial charge on any atom is 0.0468 e. The lowest BCUT2D eigenvalue weighted by molar-refractivity contribution is 0.112. The van der Waals surface area contributed by atoms with E-state index in [-0.39, 0.29) is 0 Å². The first kappa shape index (κ1) is 16.0. The van der Waals surface area contributed by atoms with Crippen LogP contribution in [0, 0.1) is 18.3 Å². The van der Waals surface area contributed by atoms with E-state index in [2.05, 4.69) is 34.6 Å². The average molecular weight is 227 g/mol. The van der Waals surface area contributed by atoms with E-state index in [1.165, 1.54) is 32.1 Å². The first-order valence-corrected chi connectivity index (χ1v) is 6.82. The van der Waals surface area contributed by atoms with Gasteiger partial charge in [-0.2, -0.15) is 0 Å². The molecule has 0 spiro atoms. The molecule has 0 aromatic rings. The monoisotopic (exact) mass is 227 g/mol. The van der Waals surface area contributed by atoms with Gasteiger partial charge in [0, 0.05) is 13.2 Å². The highest BCUT2D eigenvalue weighted by Gasteiger charge is 2.14. The van der Waals surface area contributed by atoms with Gasteiger partial charge in [-0.1, -0.05) is 53.9 Å². The summed E-state index contributed by atoms with van der Waals surface area (Å²) in [5.74, 6) is 0.778. The fraction of sp³-hybridized carbons (Fsp3) is 0.933. The van der Waals surface area contributed by atoms with E-state index >= 15 is 0 Å². The SMILES string of the molecule is [CH2]CCCCCOCCC(C)CC(C)(C)C. The summed E-state index contributed by atoms with van der Waals surface area (Å²) in [7, 11) is 0. The zero-order valence-electron chi connectivity index (χ0n) is 11.8. The second-order valence-electron chi connectivity index (χ2n) is 6.19. The molecule has 0 aliphatic carbocycles. The van der Waals surface area contributed by atoms with Gasteiger partial charge in [-0.05, 0) is 30.6 Å². The second-order valence-corrected chi connectivity index (χ2v) is 6.19. The molecular weight excluding hydrogens is 196 g/mol. The highest BCUT2D eigenvalue weighted by atomic mass is 16.5. The molecule has 0 N–H and O–H groups in total. The molecule has 0 amide bonds. The Hall–Kier alpha value is -0.0400. The van der Waals surface area contributed by atoms with Gasteiger partial charge < -0.3 is 4.74 Å². The van der Waals surface area contributed by atoms with E-state index in [4.69, 9.17) is 4.74 Å². The lowest BCUT2D eigenvalue weighted by atomic mass is 9.84. The van der Waals surface area contributed by atoms with Gasteiger partial charge in [0.15, 0.2) is 0 Å². The topological polar surface area (TPSA) is 9.23 Å². The maximum atomic E-state index is 5.64. The van der Waals surface area contributed by atoms with Crippen LogP contribution < -0.4 is 0 Å². The highest BCUT2D eigenvalue weighted by molar-refractivity contribution is 4.66. The van der Waals surface area contributed by atoms with Gasteiger partial charge in [-0.3, -0.25) is 0 Å². The molecule has 0 rings (SSSR count). The predicted octanol–water partition coefficient (Wildman–Crippen LogP) is 4.86. The first-order chi connectivity index (χ1) is 7.45. The van der Waals surface area contributed by atoms with E-state index in [1.807, 2.05) is 0 Å². The fourth-order valence-corrected chi connectivity index (χ4v) is 2.09. The molecule has 0 aliphatic rings. The minimum absolute atomic E-state index is 0.452. The molecule has 16 heavy (non-hydrogen) atoms. The summed E-state index contributed by atoms with van der Waals surface area (Å²) >= 11 is 0.